The Morgan fingerprint density at radius 2 is 1.67 bits per heavy atom. The lowest BCUT2D eigenvalue weighted by atomic mass is 9.77. The molecule has 2 unspecified atom stereocenters. The Morgan fingerprint density at radius 1 is 0.881 bits per heavy atom. The van der Waals surface area contributed by atoms with Crippen molar-refractivity contribution in [3.05, 3.63) is 136 Å². The summed E-state index contributed by atoms with van der Waals surface area (Å²) in [5.74, 6) is 0.264. The van der Waals surface area contributed by atoms with E-state index in [9.17, 15) is 4.79 Å². The SMILES string of the molecule is O=c1oc2ccc3ccccc3c2cc1-c1cnc(N2N=C3C(=Cc4ccccc4)CCCC3C2c2ccccc2)s1. The summed E-state index contributed by atoms with van der Waals surface area (Å²) < 4.78 is 5.80. The highest BCUT2D eigenvalue weighted by atomic mass is 32.1. The van der Waals surface area contributed by atoms with Gasteiger partial charge < -0.3 is 4.42 Å². The van der Waals surface area contributed by atoms with Gasteiger partial charge in [-0.1, -0.05) is 102 Å². The van der Waals surface area contributed by atoms with E-state index in [0.29, 0.717) is 11.1 Å². The van der Waals surface area contributed by atoms with Crippen molar-refractivity contribution in [2.75, 3.05) is 5.01 Å². The van der Waals surface area contributed by atoms with Gasteiger partial charge in [-0.2, -0.15) is 5.10 Å². The Kier molecular flexibility index (Phi) is 6.08. The van der Waals surface area contributed by atoms with E-state index in [0.717, 1.165) is 51.1 Å². The van der Waals surface area contributed by atoms with Crippen molar-refractivity contribution in [3.8, 4) is 10.4 Å². The molecule has 6 aromatic rings. The van der Waals surface area contributed by atoms with Gasteiger partial charge in [0.2, 0.25) is 5.13 Å². The number of thiazole rings is 1. The summed E-state index contributed by atoms with van der Waals surface area (Å²) >= 11 is 1.49. The van der Waals surface area contributed by atoms with Gasteiger partial charge in [0.25, 0.3) is 0 Å². The van der Waals surface area contributed by atoms with E-state index in [1.807, 2.05) is 36.4 Å². The summed E-state index contributed by atoms with van der Waals surface area (Å²) in [6.07, 6.45) is 7.27. The summed E-state index contributed by atoms with van der Waals surface area (Å²) in [5, 5.41) is 11.2. The van der Waals surface area contributed by atoms with Gasteiger partial charge >= 0.3 is 5.63 Å². The first-order valence-electron chi connectivity index (χ1n) is 14.3. The molecule has 6 heteroatoms. The van der Waals surface area contributed by atoms with E-state index in [1.54, 1.807) is 6.20 Å². The monoisotopic (exact) mass is 565 g/mol. The summed E-state index contributed by atoms with van der Waals surface area (Å²) in [7, 11) is 0. The van der Waals surface area contributed by atoms with Crippen LogP contribution in [0.1, 0.15) is 36.4 Å². The molecule has 0 N–H and O–H groups in total. The second kappa shape index (κ2) is 10.2. The number of fused-ring (bicyclic) bond motifs is 4. The molecule has 0 radical (unpaired) electrons. The predicted octanol–water partition coefficient (Wildman–Crippen LogP) is 8.87. The lowest BCUT2D eigenvalue weighted by Crippen LogP contribution is -2.27. The fourth-order valence-electron chi connectivity index (χ4n) is 6.43. The molecule has 204 valence electrons. The topological polar surface area (TPSA) is 58.7 Å². The second-order valence-corrected chi connectivity index (χ2v) is 11.9. The van der Waals surface area contributed by atoms with Crippen LogP contribution < -0.4 is 10.6 Å². The van der Waals surface area contributed by atoms with Gasteiger partial charge in [-0.15, -0.1) is 0 Å². The number of rotatable bonds is 4. The largest absolute Gasteiger partial charge is 0.422 e. The highest BCUT2D eigenvalue weighted by Gasteiger charge is 2.42. The van der Waals surface area contributed by atoms with Gasteiger partial charge in [0.05, 0.1) is 22.2 Å². The van der Waals surface area contributed by atoms with E-state index in [2.05, 4.69) is 77.8 Å². The van der Waals surface area contributed by atoms with Crippen molar-refractivity contribution in [1.29, 1.82) is 0 Å². The fraction of sp³-hybridized carbons (Fsp3) is 0.139. The fourth-order valence-corrected chi connectivity index (χ4v) is 7.34. The summed E-state index contributed by atoms with van der Waals surface area (Å²) in [5.41, 5.74) is 5.60. The Labute approximate surface area is 247 Å². The Bertz CT molecular complexity index is 2060. The van der Waals surface area contributed by atoms with Gasteiger partial charge in [0, 0.05) is 17.5 Å². The first kappa shape index (κ1) is 24.9. The van der Waals surface area contributed by atoms with E-state index in [1.165, 1.54) is 28.0 Å². The zero-order valence-electron chi connectivity index (χ0n) is 22.8. The van der Waals surface area contributed by atoms with Gasteiger partial charge in [-0.05, 0) is 64.9 Å². The third kappa shape index (κ3) is 4.27. The molecule has 2 aromatic heterocycles. The van der Waals surface area contributed by atoms with Crippen LogP contribution in [-0.2, 0) is 0 Å². The number of hydrazone groups is 1. The Balaban J connectivity index is 1.23. The highest BCUT2D eigenvalue weighted by Crippen LogP contribution is 2.47. The number of hydrogen-bond donors (Lipinski definition) is 0. The summed E-state index contributed by atoms with van der Waals surface area (Å²) in [6.45, 7) is 0. The summed E-state index contributed by atoms with van der Waals surface area (Å²) in [4.78, 5) is 18.8. The molecule has 1 aliphatic heterocycles. The third-order valence-electron chi connectivity index (χ3n) is 8.38. The second-order valence-electron chi connectivity index (χ2n) is 10.9. The zero-order chi connectivity index (χ0) is 28.0. The van der Waals surface area contributed by atoms with Crippen LogP contribution in [0.15, 0.2) is 129 Å². The smallest absolute Gasteiger partial charge is 0.345 e. The van der Waals surface area contributed by atoms with Crippen molar-refractivity contribution in [3.63, 3.8) is 0 Å². The Hall–Kier alpha value is -4.81. The molecule has 2 aliphatic rings. The molecule has 42 heavy (non-hydrogen) atoms. The van der Waals surface area contributed by atoms with Crippen molar-refractivity contribution in [2.24, 2.45) is 11.0 Å². The molecular formula is C36H27N3O2S. The van der Waals surface area contributed by atoms with Crippen LogP contribution in [0, 0.1) is 5.92 Å². The number of allylic oxidation sites excluding steroid dienone is 1. The van der Waals surface area contributed by atoms with E-state index in [-0.39, 0.29) is 17.6 Å². The van der Waals surface area contributed by atoms with Crippen LogP contribution in [-0.4, -0.2) is 10.7 Å². The molecule has 3 heterocycles. The summed E-state index contributed by atoms with van der Waals surface area (Å²) in [6, 6.07) is 35.1. The molecule has 0 spiro atoms. The molecule has 8 rings (SSSR count). The van der Waals surface area contributed by atoms with Crippen LogP contribution in [0.2, 0.25) is 0 Å². The average molecular weight is 566 g/mol. The molecule has 1 aliphatic carbocycles. The van der Waals surface area contributed by atoms with Gasteiger partial charge in [0.1, 0.15) is 5.58 Å². The Morgan fingerprint density at radius 3 is 2.52 bits per heavy atom. The van der Waals surface area contributed by atoms with Crippen molar-refractivity contribution < 1.29 is 4.42 Å². The van der Waals surface area contributed by atoms with Crippen molar-refractivity contribution in [2.45, 2.75) is 25.3 Å². The van der Waals surface area contributed by atoms with Gasteiger partial charge in [-0.3, -0.25) is 0 Å². The molecule has 2 atom stereocenters. The molecule has 0 bridgehead atoms. The maximum Gasteiger partial charge on any atom is 0.345 e. The molecular weight excluding hydrogens is 538 g/mol. The highest BCUT2D eigenvalue weighted by molar-refractivity contribution is 7.18. The predicted molar refractivity (Wildman–Crippen MR) is 172 cm³/mol. The van der Waals surface area contributed by atoms with E-state index < -0.39 is 0 Å². The minimum atomic E-state index is -0.359. The van der Waals surface area contributed by atoms with Crippen LogP contribution in [0.25, 0.3) is 38.3 Å². The number of benzene rings is 4. The van der Waals surface area contributed by atoms with Crippen molar-refractivity contribution >= 4 is 50.0 Å². The quantitative estimate of drug-likeness (QED) is 0.158. The van der Waals surface area contributed by atoms with Gasteiger partial charge in [-0.25, -0.2) is 14.8 Å². The number of hydrogen-bond acceptors (Lipinski definition) is 6. The zero-order valence-corrected chi connectivity index (χ0v) is 23.6. The normalized spacial score (nSPS) is 19.4. The number of anilines is 1. The lowest BCUT2D eigenvalue weighted by Gasteiger charge is -2.29. The standard InChI is InChI=1S/C36H27N3O2S/c40-35-30(21-29-27-16-8-7-12-24(27)18-19-31(29)41-35)32-22-37-36(42-32)39-34(25-13-5-2-6-14-25)28-17-9-15-26(33(28)38-39)20-23-10-3-1-4-11-23/h1-8,10-14,16,18-22,28,34H,9,15,17H2. The van der Waals surface area contributed by atoms with E-state index in [4.69, 9.17) is 14.5 Å². The average Bonchev–Trinajstić information content (AvgIpc) is 3.68. The molecule has 0 amide bonds. The lowest BCUT2D eigenvalue weighted by molar-refractivity contribution is 0.487. The number of nitrogens with zero attached hydrogens (tertiary/aromatic N) is 3. The molecule has 5 nitrogen and oxygen atoms in total. The maximum atomic E-state index is 13.2. The minimum absolute atomic E-state index is 0.0385. The minimum Gasteiger partial charge on any atom is -0.422 e. The van der Waals surface area contributed by atoms with Crippen molar-refractivity contribution in [1.82, 2.24) is 4.98 Å². The van der Waals surface area contributed by atoms with Crippen LogP contribution in [0.3, 0.4) is 0 Å². The maximum absolute atomic E-state index is 13.2. The van der Waals surface area contributed by atoms with Crippen LogP contribution >= 0.6 is 11.3 Å². The molecule has 1 fully saturated rings. The third-order valence-corrected chi connectivity index (χ3v) is 9.40. The van der Waals surface area contributed by atoms with Crippen LogP contribution in [0.5, 0.6) is 0 Å². The van der Waals surface area contributed by atoms with E-state index >= 15 is 0 Å². The van der Waals surface area contributed by atoms with Crippen LogP contribution in [0.4, 0.5) is 5.13 Å². The number of aromatic nitrogens is 1. The molecule has 0 saturated heterocycles. The molecule has 4 aromatic carbocycles. The molecule has 1 saturated carbocycles. The first-order chi connectivity index (χ1) is 20.7. The van der Waals surface area contributed by atoms with Gasteiger partial charge in [0.15, 0.2) is 0 Å². The first-order valence-corrected chi connectivity index (χ1v) is 15.1.